The lowest BCUT2D eigenvalue weighted by molar-refractivity contribution is 1.09. The summed E-state index contributed by atoms with van der Waals surface area (Å²) in [5, 5.41) is 16.5. The van der Waals surface area contributed by atoms with E-state index in [9.17, 15) is 0 Å². The summed E-state index contributed by atoms with van der Waals surface area (Å²) in [5.74, 6) is 0. The summed E-state index contributed by atoms with van der Waals surface area (Å²) in [4.78, 5) is 0. The second kappa shape index (κ2) is 4.07. The van der Waals surface area contributed by atoms with Gasteiger partial charge in [0.15, 0.2) is 0 Å². The van der Waals surface area contributed by atoms with Crippen molar-refractivity contribution >= 4 is 0 Å². The second-order valence-electron chi connectivity index (χ2n) is 4.95. The number of fused-ring (bicyclic) bond motifs is 3. The van der Waals surface area contributed by atoms with Gasteiger partial charge in [0.25, 0.3) is 0 Å². The van der Waals surface area contributed by atoms with Crippen LogP contribution < -0.4 is 0 Å². The molecular weight excluding hydrogens is 246 g/mol. The average Bonchev–Trinajstić information content (AvgIpc) is 3.06. The quantitative estimate of drug-likeness (QED) is 0.567. The van der Waals surface area contributed by atoms with Crippen LogP contribution in [0.1, 0.15) is 16.7 Å². The van der Waals surface area contributed by atoms with Crippen LogP contribution in [0.15, 0.2) is 48.5 Å². The Bertz CT molecular complexity index is 835. The Kier molecular flexibility index (Phi) is 2.24. The van der Waals surface area contributed by atoms with Crippen LogP contribution in [0.3, 0.4) is 0 Å². The number of benzene rings is 2. The molecule has 0 spiro atoms. The molecule has 0 atom stereocenters. The number of nitriles is 1. The number of hydrogen-bond donors (Lipinski definition) is 1. The van der Waals surface area contributed by atoms with E-state index >= 15 is 0 Å². The molecule has 1 N–H and O–H groups in total. The van der Waals surface area contributed by atoms with Crippen LogP contribution in [0.25, 0.3) is 22.5 Å². The Morgan fingerprint density at radius 1 is 1.05 bits per heavy atom. The molecule has 0 aliphatic heterocycles. The Hall–Kier alpha value is -2.86. The Morgan fingerprint density at radius 3 is 2.65 bits per heavy atom. The molecule has 0 unspecified atom stereocenters. The summed E-state index contributed by atoms with van der Waals surface area (Å²) in [6, 6.07) is 18.1. The highest BCUT2D eigenvalue weighted by Crippen LogP contribution is 2.39. The van der Waals surface area contributed by atoms with Gasteiger partial charge in [0.2, 0.25) is 0 Å². The van der Waals surface area contributed by atoms with Crippen LogP contribution >= 0.6 is 0 Å². The Morgan fingerprint density at radius 2 is 1.85 bits per heavy atom. The van der Waals surface area contributed by atoms with Gasteiger partial charge in [-0.05, 0) is 17.7 Å². The monoisotopic (exact) mass is 257 g/mol. The van der Waals surface area contributed by atoms with Crippen molar-refractivity contribution in [2.45, 2.75) is 6.42 Å². The molecule has 0 fully saturated rings. The molecule has 1 aliphatic rings. The summed E-state index contributed by atoms with van der Waals surface area (Å²) in [6.45, 7) is 0. The Balaban J connectivity index is 1.83. The number of aromatic amines is 1. The van der Waals surface area contributed by atoms with E-state index in [4.69, 9.17) is 5.26 Å². The number of H-pyrrole nitrogens is 1. The first-order valence-corrected chi connectivity index (χ1v) is 6.53. The van der Waals surface area contributed by atoms with Gasteiger partial charge in [0.05, 0.1) is 23.0 Å². The molecule has 0 amide bonds. The molecule has 0 saturated carbocycles. The fourth-order valence-corrected chi connectivity index (χ4v) is 2.81. The van der Waals surface area contributed by atoms with Gasteiger partial charge in [-0.3, -0.25) is 5.10 Å². The van der Waals surface area contributed by atoms with Crippen molar-refractivity contribution in [1.29, 1.82) is 5.26 Å². The van der Waals surface area contributed by atoms with Gasteiger partial charge in [-0.2, -0.15) is 10.4 Å². The van der Waals surface area contributed by atoms with Crippen LogP contribution in [0.5, 0.6) is 0 Å². The molecule has 4 rings (SSSR count). The van der Waals surface area contributed by atoms with E-state index in [0.29, 0.717) is 5.56 Å². The Labute approximate surface area is 116 Å². The zero-order chi connectivity index (χ0) is 13.5. The lowest BCUT2D eigenvalue weighted by atomic mass is 10.0. The van der Waals surface area contributed by atoms with Gasteiger partial charge in [-0.1, -0.05) is 36.4 Å². The summed E-state index contributed by atoms with van der Waals surface area (Å²) >= 11 is 0. The van der Waals surface area contributed by atoms with Gasteiger partial charge in [0, 0.05) is 23.1 Å². The van der Waals surface area contributed by atoms with Crippen molar-refractivity contribution < 1.29 is 0 Å². The number of hydrogen-bond acceptors (Lipinski definition) is 2. The summed E-state index contributed by atoms with van der Waals surface area (Å²) in [5.41, 5.74) is 7.66. The van der Waals surface area contributed by atoms with Crippen molar-refractivity contribution in [3.8, 4) is 28.6 Å². The zero-order valence-electron chi connectivity index (χ0n) is 10.7. The molecule has 0 bridgehead atoms. The summed E-state index contributed by atoms with van der Waals surface area (Å²) < 4.78 is 0. The zero-order valence-corrected chi connectivity index (χ0v) is 10.7. The lowest BCUT2D eigenvalue weighted by Gasteiger charge is -2.00. The maximum absolute atomic E-state index is 8.86. The van der Waals surface area contributed by atoms with Crippen molar-refractivity contribution in [1.82, 2.24) is 10.2 Å². The molecule has 3 heteroatoms. The first kappa shape index (κ1) is 11.0. The van der Waals surface area contributed by atoms with E-state index in [-0.39, 0.29) is 0 Å². The van der Waals surface area contributed by atoms with Crippen LogP contribution in [0.4, 0.5) is 0 Å². The standard InChI is InChI=1S/C17H11N3/c18-10-11-5-7-12(8-6-11)16-15-9-13-3-1-2-4-14(13)17(15)20-19-16/h1-8H,9H2,(H,19,20). The number of aromatic nitrogens is 2. The van der Waals surface area contributed by atoms with Gasteiger partial charge < -0.3 is 0 Å². The van der Waals surface area contributed by atoms with E-state index in [1.54, 1.807) is 0 Å². The van der Waals surface area contributed by atoms with Crippen LogP contribution in [0.2, 0.25) is 0 Å². The minimum atomic E-state index is 0.671. The number of nitrogens with one attached hydrogen (secondary N) is 1. The predicted octanol–water partition coefficient (Wildman–Crippen LogP) is 3.52. The molecule has 1 heterocycles. The van der Waals surface area contributed by atoms with Crippen molar-refractivity contribution in [3.63, 3.8) is 0 Å². The van der Waals surface area contributed by atoms with Crippen LogP contribution in [0, 0.1) is 11.3 Å². The smallest absolute Gasteiger partial charge is 0.0991 e. The second-order valence-corrected chi connectivity index (χ2v) is 4.95. The molecule has 1 aromatic heterocycles. The predicted molar refractivity (Wildman–Crippen MR) is 77.0 cm³/mol. The molecule has 20 heavy (non-hydrogen) atoms. The van der Waals surface area contributed by atoms with Crippen molar-refractivity contribution in [3.05, 3.63) is 65.2 Å². The third kappa shape index (κ3) is 1.49. The topological polar surface area (TPSA) is 52.5 Å². The average molecular weight is 257 g/mol. The number of rotatable bonds is 1. The highest BCUT2D eigenvalue weighted by Gasteiger charge is 2.24. The SMILES string of the molecule is N#Cc1ccc(-c2n[nH]c3c2Cc2ccccc2-3)cc1. The van der Waals surface area contributed by atoms with Crippen molar-refractivity contribution in [2.75, 3.05) is 0 Å². The van der Waals surface area contributed by atoms with Crippen molar-refractivity contribution in [2.24, 2.45) is 0 Å². The van der Waals surface area contributed by atoms with Gasteiger partial charge in [-0.15, -0.1) is 0 Å². The van der Waals surface area contributed by atoms with E-state index < -0.39 is 0 Å². The minimum absolute atomic E-state index is 0.671. The van der Waals surface area contributed by atoms with E-state index in [2.05, 4.69) is 40.5 Å². The normalized spacial score (nSPS) is 11.8. The highest BCUT2D eigenvalue weighted by molar-refractivity contribution is 5.81. The largest absolute Gasteiger partial charge is 0.277 e. The summed E-state index contributed by atoms with van der Waals surface area (Å²) in [6.07, 6.45) is 0.914. The maximum Gasteiger partial charge on any atom is 0.0991 e. The first-order valence-electron chi connectivity index (χ1n) is 6.53. The molecule has 0 saturated heterocycles. The third-order valence-electron chi connectivity index (χ3n) is 3.81. The molecule has 0 radical (unpaired) electrons. The van der Waals surface area contributed by atoms with E-state index in [0.717, 1.165) is 23.4 Å². The van der Waals surface area contributed by atoms with Gasteiger partial charge in [0.1, 0.15) is 0 Å². The third-order valence-corrected chi connectivity index (χ3v) is 3.81. The van der Waals surface area contributed by atoms with Crippen LogP contribution in [-0.4, -0.2) is 10.2 Å². The fourth-order valence-electron chi connectivity index (χ4n) is 2.81. The first-order chi connectivity index (χ1) is 9.86. The molecule has 1 aliphatic carbocycles. The van der Waals surface area contributed by atoms with Gasteiger partial charge in [-0.25, -0.2) is 0 Å². The lowest BCUT2D eigenvalue weighted by Crippen LogP contribution is -1.87. The van der Waals surface area contributed by atoms with Crippen LogP contribution in [-0.2, 0) is 6.42 Å². The molecule has 2 aromatic carbocycles. The minimum Gasteiger partial charge on any atom is -0.277 e. The maximum atomic E-state index is 8.86. The highest BCUT2D eigenvalue weighted by atomic mass is 15.1. The van der Waals surface area contributed by atoms with E-state index in [1.807, 2.05) is 24.3 Å². The number of nitrogens with zero attached hydrogens (tertiary/aromatic N) is 2. The van der Waals surface area contributed by atoms with Gasteiger partial charge >= 0.3 is 0 Å². The molecule has 94 valence electrons. The molecule has 3 aromatic rings. The molecule has 3 nitrogen and oxygen atoms in total. The van der Waals surface area contributed by atoms with E-state index in [1.165, 1.54) is 16.7 Å². The summed E-state index contributed by atoms with van der Waals surface area (Å²) in [7, 11) is 0. The molecular formula is C17H11N3. The fraction of sp³-hybridized carbons (Fsp3) is 0.0588.